The Morgan fingerprint density at radius 2 is 1.87 bits per heavy atom. The van der Waals surface area contributed by atoms with Crippen molar-refractivity contribution >= 4 is 16.5 Å². The maximum absolute atomic E-state index is 5.21. The van der Waals surface area contributed by atoms with Crippen LogP contribution in [0.4, 0.5) is 5.69 Å². The van der Waals surface area contributed by atoms with Crippen molar-refractivity contribution in [3.8, 4) is 5.75 Å². The van der Waals surface area contributed by atoms with Gasteiger partial charge < -0.3 is 9.64 Å². The van der Waals surface area contributed by atoms with E-state index in [1.54, 1.807) is 7.11 Å². The first kappa shape index (κ1) is 9.84. The second-order valence-electron chi connectivity index (χ2n) is 3.76. The van der Waals surface area contributed by atoms with Gasteiger partial charge >= 0.3 is 0 Å². The van der Waals surface area contributed by atoms with E-state index in [2.05, 4.69) is 49.3 Å². The molecular formula is C13H15NO. The highest BCUT2D eigenvalue weighted by atomic mass is 16.5. The molecule has 0 unspecified atom stereocenters. The van der Waals surface area contributed by atoms with Crippen LogP contribution in [-0.2, 0) is 0 Å². The van der Waals surface area contributed by atoms with Crippen molar-refractivity contribution in [2.24, 2.45) is 0 Å². The molecule has 0 bridgehead atoms. The van der Waals surface area contributed by atoms with Gasteiger partial charge in [0, 0.05) is 25.2 Å². The summed E-state index contributed by atoms with van der Waals surface area (Å²) >= 11 is 0. The Bertz CT molecular complexity index is 477. The first-order valence-electron chi connectivity index (χ1n) is 4.96. The number of hydrogen-bond donors (Lipinski definition) is 0. The summed E-state index contributed by atoms with van der Waals surface area (Å²) in [7, 11) is 5.80. The number of hydrogen-bond acceptors (Lipinski definition) is 2. The van der Waals surface area contributed by atoms with E-state index in [0.29, 0.717) is 0 Å². The van der Waals surface area contributed by atoms with Gasteiger partial charge in [0.05, 0.1) is 7.11 Å². The summed E-state index contributed by atoms with van der Waals surface area (Å²) in [6.45, 7) is 0. The topological polar surface area (TPSA) is 12.5 Å². The lowest BCUT2D eigenvalue weighted by Crippen LogP contribution is -2.08. The van der Waals surface area contributed by atoms with E-state index in [1.807, 2.05) is 6.07 Å². The summed E-state index contributed by atoms with van der Waals surface area (Å²) in [5.74, 6) is 0.901. The lowest BCUT2D eigenvalue weighted by Gasteiger charge is -2.15. The molecule has 15 heavy (non-hydrogen) atoms. The van der Waals surface area contributed by atoms with Crippen LogP contribution in [0.5, 0.6) is 5.75 Å². The van der Waals surface area contributed by atoms with E-state index in [4.69, 9.17) is 4.74 Å². The third-order valence-electron chi connectivity index (χ3n) is 2.55. The molecule has 0 aliphatic heterocycles. The van der Waals surface area contributed by atoms with Crippen molar-refractivity contribution < 1.29 is 4.74 Å². The first-order chi connectivity index (χ1) is 7.22. The minimum absolute atomic E-state index is 0.901. The van der Waals surface area contributed by atoms with Crippen molar-refractivity contribution in [3.05, 3.63) is 36.4 Å². The summed E-state index contributed by atoms with van der Waals surface area (Å²) < 4.78 is 5.21. The minimum Gasteiger partial charge on any atom is -0.497 e. The number of methoxy groups -OCH3 is 1. The molecule has 0 aliphatic rings. The molecule has 0 radical (unpaired) electrons. The van der Waals surface area contributed by atoms with Crippen molar-refractivity contribution in [2.75, 3.05) is 26.1 Å². The fourth-order valence-electron chi connectivity index (χ4n) is 1.76. The van der Waals surface area contributed by atoms with Gasteiger partial charge in [-0.3, -0.25) is 0 Å². The van der Waals surface area contributed by atoms with Crippen LogP contribution in [0.25, 0.3) is 10.8 Å². The molecule has 0 spiro atoms. The highest BCUT2D eigenvalue weighted by Gasteiger charge is 2.02. The van der Waals surface area contributed by atoms with Gasteiger partial charge in [-0.1, -0.05) is 12.1 Å². The minimum atomic E-state index is 0.901. The molecule has 0 fully saturated rings. The monoisotopic (exact) mass is 201 g/mol. The zero-order valence-corrected chi connectivity index (χ0v) is 9.32. The Labute approximate surface area is 90.1 Å². The molecule has 0 saturated carbocycles. The molecule has 0 saturated heterocycles. The Balaban J connectivity index is 2.67. The summed E-state index contributed by atoms with van der Waals surface area (Å²) in [6, 6.07) is 12.4. The van der Waals surface area contributed by atoms with E-state index in [9.17, 15) is 0 Å². The molecule has 2 heteroatoms. The molecule has 2 aromatic carbocycles. The van der Waals surface area contributed by atoms with Crippen LogP contribution in [0.2, 0.25) is 0 Å². The lowest BCUT2D eigenvalue weighted by atomic mass is 10.1. The van der Waals surface area contributed by atoms with Crippen LogP contribution in [0, 0.1) is 0 Å². The number of fused-ring (bicyclic) bond motifs is 1. The second-order valence-corrected chi connectivity index (χ2v) is 3.76. The number of nitrogens with zero attached hydrogens (tertiary/aromatic N) is 1. The van der Waals surface area contributed by atoms with Gasteiger partial charge in [0.15, 0.2) is 0 Å². The van der Waals surface area contributed by atoms with E-state index in [-0.39, 0.29) is 0 Å². The van der Waals surface area contributed by atoms with Crippen LogP contribution in [0.3, 0.4) is 0 Å². The quantitative estimate of drug-likeness (QED) is 0.740. The first-order valence-corrected chi connectivity index (χ1v) is 4.96. The highest BCUT2D eigenvalue weighted by molar-refractivity contribution is 5.94. The van der Waals surface area contributed by atoms with E-state index in [0.717, 1.165) is 5.75 Å². The predicted octanol–water partition coefficient (Wildman–Crippen LogP) is 2.91. The molecule has 2 nitrogen and oxygen atoms in total. The molecule has 2 rings (SSSR count). The fourth-order valence-corrected chi connectivity index (χ4v) is 1.76. The molecule has 78 valence electrons. The molecule has 0 aliphatic carbocycles. The largest absolute Gasteiger partial charge is 0.497 e. The van der Waals surface area contributed by atoms with Crippen molar-refractivity contribution in [1.29, 1.82) is 0 Å². The molecular weight excluding hydrogens is 186 g/mol. The van der Waals surface area contributed by atoms with Gasteiger partial charge in [-0.2, -0.15) is 0 Å². The Morgan fingerprint density at radius 1 is 1.07 bits per heavy atom. The number of ether oxygens (including phenoxy) is 1. The standard InChI is InChI=1S/C13H15NO/c1-14(2)13-6-4-5-10-9-11(15-3)7-8-12(10)13/h4-9H,1-3H3. The number of benzene rings is 2. The Morgan fingerprint density at radius 3 is 2.53 bits per heavy atom. The zero-order valence-electron chi connectivity index (χ0n) is 9.32. The summed E-state index contributed by atoms with van der Waals surface area (Å²) in [5, 5.41) is 2.46. The lowest BCUT2D eigenvalue weighted by molar-refractivity contribution is 0.415. The zero-order chi connectivity index (χ0) is 10.8. The molecule has 0 N–H and O–H groups in total. The average molecular weight is 201 g/mol. The van der Waals surface area contributed by atoms with Gasteiger partial charge in [0.1, 0.15) is 5.75 Å². The molecule has 0 heterocycles. The third-order valence-corrected chi connectivity index (χ3v) is 2.55. The maximum atomic E-state index is 5.21. The third kappa shape index (κ3) is 1.75. The fraction of sp³-hybridized carbons (Fsp3) is 0.231. The number of anilines is 1. The normalized spacial score (nSPS) is 10.3. The van der Waals surface area contributed by atoms with E-state index >= 15 is 0 Å². The predicted molar refractivity (Wildman–Crippen MR) is 64.8 cm³/mol. The average Bonchev–Trinajstić information content (AvgIpc) is 2.27. The Kier molecular flexibility index (Phi) is 2.50. The van der Waals surface area contributed by atoms with E-state index < -0.39 is 0 Å². The van der Waals surface area contributed by atoms with Crippen LogP contribution >= 0.6 is 0 Å². The van der Waals surface area contributed by atoms with Crippen LogP contribution in [-0.4, -0.2) is 21.2 Å². The molecule has 2 aromatic rings. The van der Waals surface area contributed by atoms with Crippen molar-refractivity contribution in [3.63, 3.8) is 0 Å². The van der Waals surface area contributed by atoms with E-state index in [1.165, 1.54) is 16.5 Å². The number of rotatable bonds is 2. The van der Waals surface area contributed by atoms with Gasteiger partial charge in [-0.05, 0) is 29.7 Å². The van der Waals surface area contributed by atoms with Gasteiger partial charge in [-0.15, -0.1) is 0 Å². The van der Waals surface area contributed by atoms with Crippen LogP contribution < -0.4 is 9.64 Å². The summed E-state index contributed by atoms with van der Waals surface area (Å²) in [6.07, 6.45) is 0. The molecule has 0 amide bonds. The molecule has 0 atom stereocenters. The van der Waals surface area contributed by atoms with Gasteiger partial charge in [-0.25, -0.2) is 0 Å². The van der Waals surface area contributed by atoms with Crippen molar-refractivity contribution in [1.82, 2.24) is 0 Å². The van der Waals surface area contributed by atoms with Crippen LogP contribution in [0.1, 0.15) is 0 Å². The van der Waals surface area contributed by atoms with Crippen molar-refractivity contribution in [2.45, 2.75) is 0 Å². The second kappa shape index (κ2) is 3.81. The maximum Gasteiger partial charge on any atom is 0.119 e. The molecule has 0 aromatic heterocycles. The SMILES string of the molecule is COc1ccc2c(N(C)C)cccc2c1. The van der Waals surface area contributed by atoms with Gasteiger partial charge in [0.2, 0.25) is 0 Å². The van der Waals surface area contributed by atoms with Crippen LogP contribution in [0.15, 0.2) is 36.4 Å². The Hall–Kier alpha value is -1.70. The summed E-state index contributed by atoms with van der Waals surface area (Å²) in [4.78, 5) is 2.12. The van der Waals surface area contributed by atoms with Gasteiger partial charge in [0.25, 0.3) is 0 Å². The smallest absolute Gasteiger partial charge is 0.119 e. The highest BCUT2D eigenvalue weighted by Crippen LogP contribution is 2.28. The summed E-state index contributed by atoms with van der Waals surface area (Å²) in [5.41, 5.74) is 1.23.